The molecule has 0 atom stereocenters. The molecular formula is C15H17NO3S. The van der Waals surface area contributed by atoms with Crippen LogP contribution < -0.4 is 10.5 Å². The summed E-state index contributed by atoms with van der Waals surface area (Å²) in [5.74, 6) is 0.374. The lowest BCUT2D eigenvalue weighted by atomic mass is 10.00. The van der Waals surface area contributed by atoms with Crippen molar-refractivity contribution in [3.63, 3.8) is 0 Å². The minimum atomic E-state index is -0.399. The number of nitrogens with two attached hydrogens (primary N) is 1. The van der Waals surface area contributed by atoms with E-state index in [0.29, 0.717) is 10.6 Å². The molecule has 4 nitrogen and oxygen atoms in total. The molecule has 20 heavy (non-hydrogen) atoms. The van der Waals surface area contributed by atoms with Crippen LogP contribution in [0.15, 0.2) is 24.3 Å². The Bertz CT molecular complexity index is 617. The van der Waals surface area contributed by atoms with Gasteiger partial charge in [0.05, 0.1) is 14.2 Å². The molecule has 2 N–H and O–H groups in total. The van der Waals surface area contributed by atoms with Gasteiger partial charge in [-0.1, -0.05) is 19.1 Å². The molecule has 0 spiro atoms. The van der Waals surface area contributed by atoms with E-state index in [-0.39, 0.29) is 0 Å². The SMILES string of the molecule is CCc1sc(N)c(C(=O)OC)c1-c1ccc(OC)cc1. The topological polar surface area (TPSA) is 61.6 Å². The number of aryl methyl sites for hydroxylation is 1. The highest BCUT2D eigenvalue weighted by molar-refractivity contribution is 7.17. The number of rotatable bonds is 4. The summed E-state index contributed by atoms with van der Waals surface area (Å²) in [5, 5.41) is 0.500. The molecular weight excluding hydrogens is 274 g/mol. The number of anilines is 1. The van der Waals surface area contributed by atoms with Gasteiger partial charge in [0.15, 0.2) is 0 Å². The van der Waals surface area contributed by atoms with Crippen molar-refractivity contribution in [3.05, 3.63) is 34.7 Å². The molecule has 5 heteroatoms. The Morgan fingerprint density at radius 3 is 2.40 bits per heavy atom. The largest absolute Gasteiger partial charge is 0.497 e. The molecule has 0 saturated carbocycles. The van der Waals surface area contributed by atoms with Crippen LogP contribution in [0.25, 0.3) is 11.1 Å². The smallest absolute Gasteiger partial charge is 0.341 e. The van der Waals surface area contributed by atoms with E-state index in [1.54, 1.807) is 7.11 Å². The van der Waals surface area contributed by atoms with Crippen molar-refractivity contribution in [1.29, 1.82) is 0 Å². The van der Waals surface area contributed by atoms with Crippen LogP contribution in [0.5, 0.6) is 5.75 Å². The van der Waals surface area contributed by atoms with E-state index in [1.165, 1.54) is 18.4 Å². The van der Waals surface area contributed by atoms with Crippen LogP contribution in [0.1, 0.15) is 22.2 Å². The van der Waals surface area contributed by atoms with Crippen LogP contribution in [-0.2, 0) is 11.2 Å². The maximum absolute atomic E-state index is 12.0. The second-order valence-electron chi connectivity index (χ2n) is 4.21. The average Bonchev–Trinajstić information content (AvgIpc) is 2.83. The standard InChI is InChI=1S/C15H17NO3S/c1-4-11-12(9-5-7-10(18-2)8-6-9)13(14(16)20-11)15(17)19-3/h5-8H,4,16H2,1-3H3. The van der Waals surface area contributed by atoms with Crippen molar-refractivity contribution >= 4 is 22.3 Å². The molecule has 0 saturated heterocycles. The first-order valence-corrected chi connectivity index (χ1v) is 7.07. The number of benzene rings is 1. The lowest BCUT2D eigenvalue weighted by molar-refractivity contribution is 0.0603. The Labute approximate surface area is 122 Å². The molecule has 1 heterocycles. The number of nitrogen functional groups attached to an aromatic ring is 1. The summed E-state index contributed by atoms with van der Waals surface area (Å²) in [5.41, 5.74) is 8.24. The van der Waals surface area contributed by atoms with Gasteiger partial charge in [-0.25, -0.2) is 4.79 Å². The van der Waals surface area contributed by atoms with Crippen molar-refractivity contribution in [2.75, 3.05) is 20.0 Å². The lowest BCUT2D eigenvalue weighted by Gasteiger charge is -2.07. The minimum Gasteiger partial charge on any atom is -0.497 e. The summed E-state index contributed by atoms with van der Waals surface area (Å²) >= 11 is 1.44. The predicted molar refractivity (Wildman–Crippen MR) is 81.4 cm³/mol. The molecule has 0 aliphatic carbocycles. The quantitative estimate of drug-likeness (QED) is 0.877. The Morgan fingerprint density at radius 1 is 1.25 bits per heavy atom. The Morgan fingerprint density at radius 2 is 1.90 bits per heavy atom. The summed E-state index contributed by atoms with van der Waals surface area (Å²) in [6.07, 6.45) is 0.813. The predicted octanol–water partition coefficient (Wildman–Crippen LogP) is 3.35. The molecule has 0 aliphatic heterocycles. The van der Waals surface area contributed by atoms with E-state index in [4.69, 9.17) is 15.2 Å². The fourth-order valence-corrected chi connectivity index (χ4v) is 3.13. The zero-order chi connectivity index (χ0) is 14.7. The second-order valence-corrected chi connectivity index (χ2v) is 5.35. The summed E-state index contributed by atoms with van der Waals surface area (Å²) in [4.78, 5) is 13.0. The molecule has 0 unspecified atom stereocenters. The van der Waals surface area contributed by atoms with Crippen molar-refractivity contribution in [1.82, 2.24) is 0 Å². The van der Waals surface area contributed by atoms with E-state index in [0.717, 1.165) is 28.2 Å². The van der Waals surface area contributed by atoms with E-state index < -0.39 is 5.97 Å². The molecule has 0 radical (unpaired) electrons. The van der Waals surface area contributed by atoms with Gasteiger partial charge in [0.2, 0.25) is 0 Å². The molecule has 2 rings (SSSR count). The monoisotopic (exact) mass is 291 g/mol. The third-order valence-corrected chi connectivity index (χ3v) is 4.26. The van der Waals surface area contributed by atoms with Crippen LogP contribution in [0, 0.1) is 0 Å². The number of carbonyl (C=O) groups is 1. The molecule has 0 bridgehead atoms. The molecule has 0 fully saturated rings. The summed E-state index contributed by atoms with van der Waals surface area (Å²) < 4.78 is 10.00. The highest BCUT2D eigenvalue weighted by atomic mass is 32.1. The first kappa shape index (κ1) is 14.4. The Hall–Kier alpha value is -2.01. The van der Waals surface area contributed by atoms with Gasteiger partial charge in [0.25, 0.3) is 0 Å². The highest BCUT2D eigenvalue weighted by Crippen LogP contribution is 2.39. The third-order valence-electron chi connectivity index (χ3n) is 3.10. The van der Waals surface area contributed by atoms with Gasteiger partial charge in [-0.2, -0.15) is 0 Å². The van der Waals surface area contributed by atoms with Crippen molar-refractivity contribution in [2.45, 2.75) is 13.3 Å². The van der Waals surface area contributed by atoms with E-state index in [9.17, 15) is 4.79 Å². The maximum atomic E-state index is 12.0. The maximum Gasteiger partial charge on any atom is 0.341 e. The van der Waals surface area contributed by atoms with Gasteiger partial charge in [-0.15, -0.1) is 11.3 Å². The van der Waals surface area contributed by atoms with E-state index in [2.05, 4.69) is 0 Å². The van der Waals surface area contributed by atoms with Gasteiger partial charge in [-0.05, 0) is 24.1 Å². The van der Waals surface area contributed by atoms with Crippen molar-refractivity contribution in [2.24, 2.45) is 0 Å². The van der Waals surface area contributed by atoms with Crippen LogP contribution >= 0.6 is 11.3 Å². The number of methoxy groups -OCH3 is 2. The van der Waals surface area contributed by atoms with Crippen LogP contribution in [-0.4, -0.2) is 20.2 Å². The molecule has 1 aromatic heterocycles. The normalized spacial score (nSPS) is 10.3. The van der Waals surface area contributed by atoms with Crippen molar-refractivity contribution in [3.8, 4) is 16.9 Å². The zero-order valence-electron chi connectivity index (χ0n) is 11.7. The lowest BCUT2D eigenvalue weighted by Crippen LogP contribution is -2.04. The molecule has 106 valence electrons. The van der Waals surface area contributed by atoms with Crippen molar-refractivity contribution < 1.29 is 14.3 Å². The second kappa shape index (κ2) is 5.96. The Kier molecular flexibility index (Phi) is 4.29. The summed E-state index contributed by atoms with van der Waals surface area (Å²) in [6, 6.07) is 7.57. The zero-order valence-corrected chi connectivity index (χ0v) is 12.5. The molecule has 0 aliphatic rings. The van der Waals surface area contributed by atoms with Crippen LogP contribution in [0.4, 0.5) is 5.00 Å². The average molecular weight is 291 g/mol. The number of esters is 1. The van der Waals surface area contributed by atoms with E-state index >= 15 is 0 Å². The highest BCUT2D eigenvalue weighted by Gasteiger charge is 2.23. The van der Waals surface area contributed by atoms with Gasteiger partial charge < -0.3 is 15.2 Å². The molecule has 2 aromatic rings. The molecule has 0 amide bonds. The van der Waals surface area contributed by atoms with Gasteiger partial charge in [-0.3, -0.25) is 0 Å². The van der Waals surface area contributed by atoms with Gasteiger partial charge in [0, 0.05) is 10.4 Å². The fourth-order valence-electron chi connectivity index (χ4n) is 2.11. The van der Waals surface area contributed by atoms with Crippen LogP contribution in [0.2, 0.25) is 0 Å². The number of ether oxygens (including phenoxy) is 2. The minimum absolute atomic E-state index is 0.399. The number of hydrogen-bond donors (Lipinski definition) is 1. The number of thiophene rings is 1. The van der Waals surface area contributed by atoms with Gasteiger partial charge in [0.1, 0.15) is 16.3 Å². The first-order chi connectivity index (χ1) is 9.62. The fraction of sp³-hybridized carbons (Fsp3) is 0.267. The van der Waals surface area contributed by atoms with E-state index in [1.807, 2.05) is 31.2 Å². The molecule has 1 aromatic carbocycles. The summed E-state index contributed by atoms with van der Waals surface area (Å²) in [6.45, 7) is 2.04. The summed E-state index contributed by atoms with van der Waals surface area (Å²) in [7, 11) is 2.98. The van der Waals surface area contributed by atoms with Gasteiger partial charge >= 0.3 is 5.97 Å². The third kappa shape index (κ3) is 2.49. The first-order valence-electron chi connectivity index (χ1n) is 6.26. The van der Waals surface area contributed by atoms with Crippen LogP contribution in [0.3, 0.4) is 0 Å². The Balaban J connectivity index is 2.60. The number of carbonyl (C=O) groups excluding carboxylic acids is 1. The number of hydrogen-bond acceptors (Lipinski definition) is 5.